The number of benzene rings is 2. The Morgan fingerprint density at radius 3 is 2.63 bits per heavy atom. The molecule has 0 aliphatic carbocycles. The Hall–Kier alpha value is -2.68. The molecular formula is C16H11NO2. The van der Waals surface area contributed by atoms with Crippen molar-refractivity contribution in [2.45, 2.75) is 0 Å². The standard InChI is InChI=1S/C16H11NO2/c18-16(19-13-7-4-10-17-11-13)15-9-3-6-12-5-1-2-8-14(12)15/h1-11H. The Balaban J connectivity index is 1.98. The van der Waals surface area contributed by atoms with Crippen molar-refractivity contribution in [1.82, 2.24) is 4.98 Å². The molecule has 0 spiro atoms. The van der Waals surface area contributed by atoms with E-state index < -0.39 is 0 Å². The summed E-state index contributed by atoms with van der Waals surface area (Å²) in [5, 5.41) is 1.90. The number of pyridine rings is 1. The van der Waals surface area contributed by atoms with Gasteiger partial charge in [0.15, 0.2) is 0 Å². The number of nitrogens with zero attached hydrogens (tertiary/aromatic N) is 1. The van der Waals surface area contributed by atoms with E-state index in [9.17, 15) is 4.79 Å². The zero-order valence-electron chi connectivity index (χ0n) is 10.1. The molecule has 0 aliphatic heterocycles. The third-order valence-corrected chi connectivity index (χ3v) is 2.85. The van der Waals surface area contributed by atoms with Gasteiger partial charge in [-0.2, -0.15) is 0 Å². The molecule has 2 aromatic carbocycles. The van der Waals surface area contributed by atoms with Gasteiger partial charge in [0, 0.05) is 6.20 Å². The van der Waals surface area contributed by atoms with Gasteiger partial charge in [-0.15, -0.1) is 0 Å². The van der Waals surface area contributed by atoms with E-state index in [1.54, 1.807) is 24.4 Å². The number of aromatic nitrogens is 1. The molecule has 0 bridgehead atoms. The maximum absolute atomic E-state index is 12.2. The summed E-state index contributed by atoms with van der Waals surface area (Å²) in [7, 11) is 0. The van der Waals surface area contributed by atoms with Crippen molar-refractivity contribution in [3.63, 3.8) is 0 Å². The average Bonchev–Trinajstić information content (AvgIpc) is 2.47. The molecule has 19 heavy (non-hydrogen) atoms. The van der Waals surface area contributed by atoms with Gasteiger partial charge in [-0.25, -0.2) is 4.79 Å². The molecule has 3 heteroatoms. The fraction of sp³-hybridized carbons (Fsp3) is 0. The van der Waals surface area contributed by atoms with E-state index in [-0.39, 0.29) is 5.97 Å². The SMILES string of the molecule is O=C(Oc1cccnc1)c1cccc2ccccc12. The third-order valence-electron chi connectivity index (χ3n) is 2.85. The van der Waals surface area contributed by atoms with Crippen LogP contribution in [0, 0.1) is 0 Å². The number of ether oxygens (including phenoxy) is 1. The zero-order valence-corrected chi connectivity index (χ0v) is 10.1. The molecule has 3 aromatic rings. The first kappa shape index (κ1) is 11.4. The molecule has 0 fully saturated rings. The van der Waals surface area contributed by atoms with Crippen LogP contribution in [-0.4, -0.2) is 11.0 Å². The van der Waals surface area contributed by atoms with Gasteiger partial charge in [-0.05, 0) is 29.0 Å². The van der Waals surface area contributed by atoms with Gasteiger partial charge in [0.1, 0.15) is 5.75 Å². The predicted molar refractivity (Wildman–Crippen MR) is 73.1 cm³/mol. The Morgan fingerprint density at radius 1 is 0.947 bits per heavy atom. The Kier molecular flexibility index (Phi) is 2.94. The molecule has 1 heterocycles. The lowest BCUT2D eigenvalue weighted by Crippen LogP contribution is -2.09. The number of hydrogen-bond acceptors (Lipinski definition) is 3. The molecule has 0 unspecified atom stereocenters. The minimum absolute atomic E-state index is 0.371. The smallest absolute Gasteiger partial charge is 0.344 e. The highest BCUT2D eigenvalue weighted by Gasteiger charge is 2.11. The summed E-state index contributed by atoms with van der Waals surface area (Å²) in [6.45, 7) is 0. The molecule has 92 valence electrons. The third kappa shape index (κ3) is 2.31. The maximum atomic E-state index is 12.2. The van der Waals surface area contributed by atoms with Crippen LogP contribution in [0.2, 0.25) is 0 Å². The summed E-state index contributed by atoms with van der Waals surface area (Å²) >= 11 is 0. The molecule has 0 radical (unpaired) electrons. The van der Waals surface area contributed by atoms with E-state index in [2.05, 4.69) is 4.98 Å². The number of fused-ring (bicyclic) bond motifs is 1. The van der Waals surface area contributed by atoms with Crippen LogP contribution in [-0.2, 0) is 0 Å². The molecule has 0 aliphatic rings. The summed E-state index contributed by atoms with van der Waals surface area (Å²) in [5.41, 5.74) is 0.557. The van der Waals surface area contributed by atoms with Crippen molar-refractivity contribution in [2.75, 3.05) is 0 Å². The summed E-state index contributed by atoms with van der Waals surface area (Å²) < 4.78 is 5.31. The Bertz CT molecular complexity index is 718. The summed E-state index contributed by atoms with van der Waals surface area (Å²) in [5.74, 6) is 0.0743. The molecule has 1 aromatic heterocycles. The van der Waals surface area contributed by atoms with E-state index >= 15 is 0 Å². The average molecular weight is 249 g/mol. The van der Waals surface area contributed by atoms with Crippen molar-refractivity contribution < 1.29 is 9.53 Å². The van der Waals surface area contributed by atoms with E-state index in [0.717, 1.165) is 10.8 Å². The largest absolute Gasteiger partial charge is 0.421 e. The quantitative estimate of drug-likeness (QED) is 0.653. The zero-order chi connectivity index (χ0) is 13.1. The monoisotopic (exact) mass is 249 g/mol. The van der Waals surface area contributed by atoms with Crippen molar-refractivity contribution in [3.05, 3.63) is 72.6 Å². The van der Waals surface area contributed by atoms with Crippen molar-refractivity contribution in [3.8, 4) is 5.75 Å². The molecule has 0 saturated carbocycles. The first-order valence-corrected chi connectivity index (χ1v) is 5.94. The van der Waals surface area contributed by atoms with Crippen molar-refractivity contribution in [1.29, 1.82) is 0 Å². The second-order valence-corrected chi connectivity index (χ2v) is 4.10. The van der Waals surface area contributed by atoms with Crippen LogP contribution >= 0.6 is 0 Å². The summed E-state index contributed by atoms with van der Waals surface area (Å²) in [6, 6.07) is 16.7. The van der Waals surface area contributed by atoms with E-state index in [1.807, 2.05) is 36.4 Å². The summed E-state index contributed by atoms with van der Waals surface area (Å²) in [6.07, 6.45) is 3.15. The lowest BCUT2D eigenvalue weighted by Gasteiger charge is -2.06. The van der Waals surface area contributed by atoms with Crippen LogP contribution in [0.15, 0.2) is 67.0 Å². The lowest BCUT2D eigenvalue weighted by atomic mass is 10.1. The molecular weight excluding hydrogens is 238 g/mol. The Morgan fingerprint density at radius 2 is 1.79 bits per heavy atom. The molecule has 3 rings (SSSR count). The van der Waals surface area contributed by atoms with E-state index in [1.165, 1.54) is 6.20 Å². The molecule has 3 nitrogen and oxygen atoms in total. The maximum Gasteiger partial charge on any atom is 0.344 e. The fourth-order valence-corrected chi connectivity index (χ4v) is 1.97. The number of carbonyl (C=O) groups excluding carboxylic acids is 1. The van der Waals surface area contributed by atoms with Crippen LogP contribution < -0.4 is 4.74 Å². The normalized spacial score (nSPS) is 10.3. The fourth-order valence-electron chi connectivity index (χ4n) is 1.97. The Labute approximate surface area is 110 Å². The molecule has 0 N–H and O–H groups in total. The number of carbonyl (C=O) groups is 1. The van der Waals surface area contributed by atoms with Crippen LogP contribution in [0.5, 0.6) is 5.75 Å². The molecule has 0 amide bonds. The molecule has 0 saturated heterocycles. The van der Waals surface area contributed by atoms with Crippen LogP contribution in [0.1, 0.15) is 10.4 Å². The number of hydrogen-bond donors (Lipinski definition) is 0. The first-order valence-electron chi connectivity index (χ1n) is 5.94. The second kappa shape index (κ2) is 4.90. The van der Waals surface area contributed by atoms with Gasteiger partial charge >= 0.3 is 5.97 Å². The highest BCUT2D eigenvalue weighted by atomic mass is 16.5. The predicted octanol–water partition coefficient (Wildman–Crippen LogP) is 3.45. The van der Waals surface area contributed by atoms with Crippen molar-refractivity contribution in [2.24, 2.45) is 0 Å². The van der Waals surface area contributed by atoms with E-state index in [0.29, 0.717) is 11.3 Å². The van der Waals surface area contributed by atoms with Crippen LogP contribution in [0.3, 0.4) is 0 Å². The topological polar surface area (TPSA) is 39.2 Å². The highest BCUT2D eigenvalue weighted by Crippen LogP contribution is 2.20. The minimum atomic E-state index is -0.371. The first-order chi connectivity index (χ1) is 9.34. The van der Waals surface area contributed by atoms with Gasteiger partial charge in [0.05, 0.1) is 11.8 Å². The van der Waals surface area contributed by atoms with Gasteiger partial charge in [-0.1, -0.05) is 36.4 Å². The highest BCUT2D eigenvalue weighted by molar-refractivity contribution is 6.05. The van der Waals surface area contributed by atoms with Crippen molar-refractivity contribution >= 4 is 16.7 Å². The van der Waals surface area contributed by atoms with Crippen LogP contribution in [0.4, 0.5) is 0 Å². The van der Waals surface area contributed by atoms with Gasteiger partial charge < -0.3 is 4.74 Å². The number of rotatable bonds is 2. The second-order valence-electron chi connectivity index (χ2n) is 4.10. The number of esters is 1. The van der Waals surface area contributed by atoms with Gasteiger partial charge in [0.25, 0.3) is 0 Å². The lowest BCUT2D eigenvalue weighted by molar-refractivity contribution is 0.0736. The van der Waals surface area contributed by atoms with Crippen LogP contribution in [0.25, 0.3) is 10.8 Å². The van der Waals surface area contributed by atoms with Gasteiger partial charge in [0.2, 0.25) is 0 Å². The summed E-state index contributed by atoms with van der Waals surface area (Å²) in [4.78, 5) is 16.1. The molecule has 0 atom stereocenters. The van der Waals surface area contributed by atoms with E-state index in [4.69, 9.17) is 4.74 Å². The van der Waals surface area contributed by atoms with Gasteiger partial charge in [-0.3, -0.25) is 4.98 Å². The minimum Gasteiger partial charge on any atom is -0.421 e.